The van der Waals surface area contributed by atoms with Gasteiger partial charge in [0.05, 0.1) is 28.1 Å². The van der Waals surface area contributed by atoms with Gasteiger partial charge in [-0.15, -0.1) is 22.7 Å². The number of rotatable bonds is 7. The lowest BCUT2D eigenvalue weighted by atomic mass is 10.2. The van der Waals surface area contributed by atoms with Crippen LogP contribution in [-0.4, -0.2) is 30.5 Å². The van der Waals surface area contributed by atoms with Gasteiger partial charge in [-0.3, -0.25) is 9.00 Å². The van der Waals surface area contributed by atoms with Crippen LogP contribution in [0.2, 0.25) is 0 Å². The Morgan fingerprint density at radius 2 is 2.03 bits per heavy atom. The Kier molecular flexibility index (Phi) is 6.18. The van der Waals surface area contributed by atoms with Crippen molar-refractivity contribution in [3.63, 3.8) is 0 Å². The van der Waals surface area contributed by atoms with Crippen molar-refractivity contribution >= 4 is 60.7 Å². The van der Waals surface area contributed by atoms with Crippen molar-refractivity contribution in [2.45, 2.75) is 13.5 Å². The van der Waals surface area contributed by atoms with Gasteiger partial charge in [-0.1, -0.05) is 30.3 Å². The van der Waals surface area contributed by atoms with Crippen molar-refractivity contribution in [3.8, 4) is 0 Å². The number of aromatic nitrogens is 2. The van der Waals surface area contributed by atoms with Crippen LogP contribution in [-0.2, 0) is 17.6 Å². The summed E-state index contributed by atoms with van der Waals surface area (Å²) in [6.07, 6.45) is 0. The Morgan fingerprint density at radius 3 is 2.80 bits per heavy atom. The highest BCUT2D eigenvalue weighted by Crippen LogP contribution is 2.35. The molecule has 2 aromatic carbocycles. The summed E-state index contributed by atoms with van der Waals surface area (Å²) < 4.78 is 22.6. The molecule has 2 aromatic heterocycles. The van der Waals surface area contributed by atoms with Crippen molar-refractivity contribution in [1.82, 2.24) is 15.3 Å². The van der Waals surface area contributed by atoms with Gasteiger partial charge in [0.25, 0.3) is 5.91 Å². The highest BCUT2D eigenvalue weighted by Gasteiger charge is 2.21. The first kappa shape index (κ1) is 20.6. The normalized spacial score (nSPS) is 12.1. The number of thiazole rings is 2. The summed E-state index contributed by atoms with van der Waals surface area (Å²) in [5.41, 5.74) is 5.02. The molecule has 1 atom stereocenters. The molecule has 0 aliphatic heterocycles. The second-order valence-electron chi connectivity index (χ2n) is 6.43. The molecule has 0 bridgehead atoms. The minimum Gasteiger partial charge on any atom is -0.771 e. The quantitative estimate of drug-likeness (QED) is 0.422. The second-order valence-corrected chi connectivity index (χ2v) is 9.40. The maximum absolute atomic E-state index is 12.4. The molecule has 0 aliphatic carbocycles. The molecule has 2 heterocycles. The van der Waals surface area contributed by atoms with E-state index in [-0.39, 0.29) is 5.69 Å². The molecular weight excluding hydrogens is 440 g/mol. The number of fused-ring (bicyclic) bond motifs is 1. The number of carbonyl (C=O) groups is 1. The van der Waals surface area contributed by atoms with E-state index >= 15 is 0 Å². The van der Waals surface area contributed by atoms with Gasteiger partial charge in [0.2, 0.25) is 0 Å². The molecule has 1 N–H and O–H groups in total. The van der Waals surface area contributed by atoms with Crippen LogP contribution in [0.5, 0.6) is 0 Å². The van der Waals surface area contributed by atoms with Crippen LogP contribution >= 0.6 is 22.7 Å². The lowest BCUT2D eigenvalue weighted by molar-refractivity contribution is 0.0955. The molecule has 154 valence electrons. The maximum atomic E-state index is 12.4. The zero-order valence-corrected chi connectivity index (χ0v) is 18.4. The van der Waals surface area contributed by atoms with Gasteiger partial charge >= 0.3 is 0 Å². The topological polar surface area (TPSA) is 98.2 Å². The summed E-state index contributed by atoms with van der Waals surface area (Å²) in [7, 11) is 0. The smallest absolute Gasteiger partial charge is 0.271 e. The largest absolute Gasteiger partial charge is 0.771 e. The molecule has 1 amide bonds. The molecule has 0 aliphatic rings. The summed E-state index contributed by atoms with van der Waals surface area (Å²) >= 11 is 0.604. The minimum atomic E-state index is -2.36. The van der Waals surface area contributed by atoms with E-state index < -0.39 is 22.9 Å². The van der Waals surface area contributed by atoms with Crippen LogP contribution in [0.15, 0.2) is 54.0 Å². The summed E-state index contributed by atoms with van der Waals surface area (Å²) in [4.78, 5) is 24.0. The third-order valence-electron chi connectivity index (χ3n) is 4.39. The number of nitrogens with one attached hydrogen (secondary N) is 1. The second kappa shape index (κ2) is 9.00. The number of benzene rings is 2. The zero-order chi connectivity index (χ0) is 21.1. The lowest BCUT2D eigenvalue weighted by Gasteiger charge is -2.22. The van der Waals surface area contributed by atoms with Gasteiger partial charge < -0.3 is 14.8 Å². The summed E-state index contributed by atoms with van der Waals surface area (Å²) in [5, 5.41) is 3.03. The highest BCUT2D eigenvalue weighted by molar-refractivity contribution is 7.79. The molecule has 4 rings (SSSR count). The van der Waals surface area contributed by atoms with Crippen LogP contribution in [0.1, 0.15) is 20.9 Å². The van der Waals surface area contributed by atoms with Gasteiger partial charge in [-0.25, -0.2) is 9.97 Å². The Bertz CT molecular complexity index is 1210. The van der Waals surface area contributed by atoms with Crippen molar-refractivity contribution in [2.24, 2.45) is 0 Å². The summed E-state index contributed by atoms with van der Waals surface area (Å²) in [5.74, 6) is -0.947. The Hall–Kier alpha value is -2.66. The van der Waals surface area contributed by atoms with E-state index in [2.05, 4.69) is 26.3 Å². The van der Waals surface area contributed by atoms with Crippen LogP contribution in [0.25, 0.3) is 10.2 Å². The van der Waals surface area contributed by atoms with E-state index in [0.717, 1.165) is 26.3 Å². The molecule has 0 saturated heterocycles. The van der Waals surface area contributed by atoms with Gasteiger partial charge in [0, 0.05) is 10.6 Å². The Morgan fingerprint density at radius 1 is 1.23 bits per heavy atom. The zero-order valence-electron chi connectivity index (χ0n) is 15.9. The predicted molar refractivity (Wildman–Crippen MR) is 120 cm³/mol. The first-order valence-electron chi connectivity index (χ1n) is 8.97. The summed E-state index contributed by atoms with van der Waals surface area (Å²) in [6.45, 7) is 2.38. The van der Waals surface area contributed by atoms with Crippen LogP contribution in [0, 0.1) is 6.92 Å². The van der Waals surface area contributed by atoms with E-state index in [9.17, 15) is 13.6 Å². The number of amides is 1. The number of carbonyl (C=O) groups excluding carboxylic acids is 1. The fourth-order valence-electron chi connectivity index (χ4n) is 2.96. The number of hydrogen-bond acceptors (Lipinski definition) is 8. The van der Waals surface area contributed by atoms with Crippen molar-refractivity contribution in [1.29, 1.82) is 0 Å². The standard InChI is InChI=1S/C20H18N4O3S3/c1-13-18(19(25)22-12-30(26)27)23-20(29-13)24(10-14-5-3-2-4-6-14)15-7-8-16-17(9-15)28-11-21-16/h2-9,11H,10,12H2,1H3,(H,22,25)(H,26,27)/p-1. The van der Waals surface area contributed by atoms with E-state index in [0.29, 0.717) is 11.7 Å². The molecule has 4 aromatic rings. The fourth-order valence-corrected chi connectivity index (χ4v) is 4.85. The van der Waals surface area contributed by atoms with Crippen LogP contribution < -0.4 is 10.2 Å². The van der Waals surface area contributed by atoms with Gasteiger partial charge in [0.15, 0.2) is 5.13 Å². The monoisotopic (exact) mass is 457 g/mol. The molecule has 10 heteroatoms. The Labute approximate surface area is 183 Å². The Balaban J connectivity index is 1.71. The number of anilines is 2. The number of nitrogens with zero attached hydrogens (tertiary/aromatic N) is 3. The van der Waals surface area contributed by atoms with E-state index in [1.165, 1.54) is 11.3 Å². The van der Waals surface area contributed by atoms with Gasteiger partial charge in [0.1, 0.15) is 5.69 Å². The van der Waals surface area contributed by atoms with Gasteiger partial charge in [-0.05, 0) is 41.8 Å². The average Bonchev–Trinajstić information content (AvgIpc) is 3.37. The number of aryl methyl sites for hydroxylation is 1. The predicted octanol–water partition coefficient (Wildman–Crippen LogP) is 3.97. The SMILES string of the molecule is Cc1sc(N(Cc2ccccc2)c2ccc3ncsc3c2)nc1C(=O)NCS(=O)[O-]. The van der Waals surface area contributed by atoms with Crippen molar-refractivity contribution in [2.75, 3.05) is 10.8 Å². The summed E-state index contributed by atoms with van der Waals surface area (Å²) in [6, 6.07) is 16.0. The first-order chi connectivity index (χ1) is 14.5. The molecule has 0 spiro atoms. The fraction of sp³-hybridized carbons (Fsp3) is 0.150. The van der Waals surface area contributed by atoms with E-state index in [1.807, 2.05) is 48.0 Å². The van der Waals surface area contributed by atoms with Crippen LogP contribution in [0.3, 0.4) is 0 Å². The molecule has 0 saturated carbocycles. The lowest BCUT2D eigenvalue weighted by Crippen LogP contribution is -2.27. The number of hydrogen-bond donors (Lipinski definition) is 1. The average molecular weight is 458 g/mol. The third kappa shape index (κ3) is 4.57. The molecule has 1 unspecified atom stereocenters. The van der Waals surface area contributed by atoms with Crippen molar-refractivity contribution in [3.05, 3.63) is 70.2 Å². The molecule has 0 fully saturated rings. The maximum Gasteiger partial charge on any atom is 0.271 e. The third-order valence-corrected chi connectivity index (χ3v) is 6.56. The molecular formula is C20H17N4O3S3-. The highest BCUT2D eigenvalue weighted by atomic mass is 32.2. The van der Waals surface area contributed by atoms with Gasteiger partial charge in [-0.2, -0.15) is 0 Å². The van der Waals surface area contributed by atoms with E-state index in [4.69, 9.17) is 0 Å². The van der Waals surface area contributed by atoms with E-state index in [1.54, 1.807) is 18.3 Å². The first-order valence-corrected chi connectivity index (χ1v) is 11.9. The van der Waals surface area contributed by atoms with Crippen LogP contribution in [0.4, 0.5) is 10.8 Å². The molecule has 30 heavy (non-hydrogen) atoms. The minimum absolute atomic E-state index is 0.234. The van der Waals surface area contributed by atoms with Crippen molar-refractivity contribution < 1.29 is 13.6 Å². The molecule has 0 radical (unpaired) electrons. The molecule has 7 nitrogen and oxygen atoms in total.